The molecule has 0 saturated carbocycles. The molecule has 104 valence electrons. The van der Waals surface area contributed by atoms with Crippen molar-refractivity contribution in [3.8, 4) is 11.5 Å². The maximum atomic E-state index is 12.1. The Hall–Kier alpha value is -2.01. The maximum Gasteiger partial charge on any atom is 0.251 e. The summed E-state index contributed by atoms with van der Waals surface area (Å²) in [6, 6.07) is 9.36. The van der Waals surface area contributed by atoms with E-state index in [-0.39, 0.29) is 5.91 Å². The number of hydrogen-bond donors (Lipinski definition) is 1. The van der Waals surface area contributed by atoms with Gasteiger partial charge in [-0.1, -0.05) is 6.07 Å². The van der Waals surface area contributed by atoms with Crippen molar-refractivity contribution in [2.24, 2.45) is 0 Å². The number of ether oxygens (including phenoxy) is 2. The highest BCUT2D eigenvalue weighted by Gasteiger charge is 2.14. The summed E-state index contributed by atoms with van der Waals surface area (Å²) in [5.74, 6) is 1.26. The lowest BCUT2D eigenvalue weighted by atomic mass is 10.2. The molecule has 0 unspecified atom stereocenters. The van der Waals surface area contributed by atoms with Crippen LogP contribution in [0.3, 0.4) is 0 Å². The van der Waals surface area contributed by atoms with Crippen LogP contribution in [0.25, 0.3) is 0 Å². The summed E-state index contributed by atoms with van der Waals surface area (Å²) >= 11 is 1.70. The minimum absolute atomic E-state index is 0.0847. The zero-order chi connectivity index (χ0) is 13.8. The molecule has 0 bridgehead atoms. The summed E-state index contributed by atoms with van der Waals surface area (Å²) in [5, 5.41) is 4.96. The van der Waals surface area contributed by atoms with E-state index in [0.717, 1.165) is 6.42 Å². The summed E-state index contributed by atoms with van der Waals surface area (Å²) in [4.78, 5) is 13.3. The van der Waals surface area contributed by atoms with Gasteiger partial charge in [-0.2, -0.15) is 0 Å². The first-order chi connectivity index (χ1) is 9.83. The number of amides is 1. The van der Waals surface area contributed by atoms with E-state index in [1.807, 2.05) is 11.4 Å². The van der Waals surface area contributed by atoms with Crippen molar-refractivity contribution in [3.05, 3.63) is 46.2 Å². The van der Waals surface area contributed by atoms with Crippen LogP contribution in [0, 0.1) is 0 Å². The molecular formula is C15H15NO3S. The van der Waals surface area contributed by atoms with E-state index in [1.54, 1.807) is 29.5 Å². The molecule has 1 aliphatic rings. The lowest BCUT2D eigenvalue weighted by molar-refractivity contribution is 0.0953. The number of hydrogen-bond acceptors (Lipinski definition) is 4. The van der Waals surface area contributed by atoms with Gasteiger partial charge in [0.1, 0.15) is 13.2 Å². The van der Waals surface area contributed by atoms with Gasteiger partial charge in [-0.15, -0.1) is 11.3 Å². The Morgan fingerprint density at radius 1 is 1.20 bits per heavy atom. The predicted octanol–water partition coefficient (Wildman–Crippen LogP) is 2.49. The molecule has 1 aliphatic heterocycles. The maximum absolute atomic E-state index is 12.1. The van der Waals surface area contributed by atoms with Crippen LogP contribution in [-0.4, -0.2) is 25.7 Å². The Labute approximate surface area is 121 Å². The molecule has 0 atom stereocenters. The van der Waals surface area contributed by atoms with Gasteiger partial charge in [0.05, 0.1) is 0 Å². The smallest absolute Gasteiger partial charge is 0.251 e. The second-order valence-electron chi connectivity index (χ2n) is 4.44. The third-order valence-electron chi connectivity index (χ3n) is 3.04. The SMILES string of the molecule is O=C(NCCc1cccs1)c1ccc2c(c1)OCCO2. The van der Waals surface area contributed by atoms with E-state index in [0.29, 0.717) is 36.8 Å². The molecule has 0 radical (unpaired) electrons. The molecule has 4 nitrogen and oxygen atoms in total. The minimum Gasteiger partial charge on any atom is -0.486 e. The van der Waals surface area contributed by atoms with Gasteiger partial charge in [0, 0.05) is 17.0 Å². The van der Waals surface area contributed by atoms with Crippen LogP contribution in [0.2, 0.25) is 0 Å². The van der Waals surface area contributed by atoms with Crippen molar-refractivity contribution in [2.45, 2.75) is 6.42 Å². The Morgan fingerprint density at radius 2 is 2.05 bits per heavy atom. The first-order valence-corrected chi connectivity index (χ1v) is 7.41. The fraction of sp³-hybridized carbons (Fsp3) is 0.267. The second kappa shape index (κ2) is 5.96. The van der Waals surface area contributed by atoms with Gasteiger partial charge in [-0.3, -0.25) is 4.79 Å². The van der Waals surface area contributed by atoms with E-state index in [2.05, 4.69) is 11.4 Å². The quantitative estimate of drug-likeness (QED) is 0.940. The van der Waals surface area contributed by atoms with Crippen molar-refractivity contribution in [1.82, 2.24) is 5.32 Å². The molecule has 5 heteroatoms. The fourth-order valence-corrected chi connectivity index (χ4v) is 2.75. The van der Waals surface area contributed by atoms with Crippen molar-refractivity contribution in [1.29, 1.82) is 0 Å². The van der Waals surface area contributed by atoms with Gasteiger partial charge in [0.2, 0.25) is 0 Å². The average Bonchev–Trinajstić information content (AvgIpc) is 3.00. The fourth-order valence-electron chi connectivity index (χ4n) is 2.04. The molecule has 1 aromatic heterocycles. The molecule has 20 heavy (non-hydrogen) atoms. The van der Waals surface area contributed by atoms with Gasteiger partial charge in [0.25, 0.3) is 5.91 Å². The molecule has 0 spiro atoms. The average molecular weight is 289 g/mol. The largest absolute Gasteiger partial charge is 0.486 e. The summed E-state index contributed by atoms with van der Waals surface area (Å²) < 4.78 is 10.9. The monoisotopic (exact) mass is 289 g/mol. The zero-order valence-corrected chi connectivity index (χ0v) is 11.7. The van der Waals surface area contributed by atoms with Gasteiger partial charge < -0.3 is 14.8 Å². The van der Waals surface area contributed by atoms with Crippen LogP contribution < -0.4 is 14.8 Å². The van der Waals surface area contributed by atoms with Crippen LogP contribution >= 0.6 is 11.3 Å². The van der Waals surface area contributed by atoms with Crippen LogP contribution in [-0.2, 0) is 6.42 Å². The Balaban J connectivity index is 1.59. The minimum atomic E-state index is -0.0847. The summed E-state index contributed by atoms with van der Waals surface area (Å²) in [6.07, 6.45) is 0.855. The summed E-state index contributed by atoms with van der Waals surface area (Å²) in [7, 11) is 0. The van der Waals surface area contributed by atoms with Crippen LogP contribution in [0.5, 0.6) is 11.5 Å². The van der Waals surface area contributed by atoms with E-state index >= 15 is 0 Å². The summed E-state index contributed by atoms with van der Waals surface area (Å²) in [5.41, 5.74) is 0.598. The molecule has 0 aliphatic carbocycles. The normalized spacial score (nSPS) is 13.0. The Morgan fingerprint density at radius 3 is 2.85 bits per heavy atom. The first kappa shape index (κ1) is 13.0. The molecule has 0 saturated heterocycles. The van der Waals surface area contributed by atoms with E-state index in [1.165, 1.54) is 4.88 Å². The standard InChI is InChI=1S/C15H15NO3S/c17-15(16-6-5-12-2-1-9-20-12)11-3-4-13-14(10-11)19-8-7-18-13/h1-4,9-10H,5-8H2,(H,16,17). The number of rotatable bonds is 4. The third kappa shape index (κ3) is 2.93. The molecular weight excluding hydrogens is 274 g/mol. The van der Waals surface area contributed by atoms with Crippen LogP contribution in [0.1, 0.15) is 15.2 Å². The number of fused-ring (bicyclic) bond motifs is 1. The summed E-state index contributed by atoms with van der Waals surface area (Å²) in [6.45, 7) is 1.71. The van der Waals surface area contributed by atoms with Crippen molar-refractivity contribution >= 4 is 17.2 Å². The molecule has 1 aromatic carbocycles. The highest BCUT2D eigenvalue weighted by Crippen LogP contribution is 2.30. The molecule has 2 aromatic rings. The highest BCUT2D eigenvalue weighted by molar-refractivity contribution is 7.09. The second-order valence-corrected chi connectivity index (χ2v) is 5.48. The third-order valence-corrected chi connectivity index (χ3v) is 3.98. The Bertz CT molecular complexity index is 595. The van der Waals surface area contributed by atoms with Crippen molar-refractivity contribution in [2.75, 3.05) is 19.8 Å². The highest BCUT2D eigenvalue weighted by atomic mass is 32.1. The zero-order valence-electron chi connectivity index (χ0n) is 10.9. The molecule has 0 fully saturated rings. The number of carbonyl (C=O) groups is 1. The van der Waals surface area contributed by atoms with E-state index < -0.39 is 0 Å². The molecule has 3 rings (SSSR count). The first-order valence-electron chi connectivity index (χ1n) is 6.53. The number of nitrogens with one attached hydrogen (secondary N) is 1. The van der Waals surface area contributed by atoms with E-state index in [9.17, 15) is 4.79 Å². The molecule has 1 amide bonds. The van der Waals surface area contributed by atoms with Crippen molar-refractivity contribution < 1.29 is 14.3 Å². The van der Waals surface area contributed by atoms with Gasteiger partial charge >= 0.3 is 0 Å². The number of carbonyl (C=O) groups excluding carboxylic acids is 1. The lowest BCUT2D eigenvalue weighted by Crippen LogP contribution is -2.25. The lowest BCUT2D eigenvalue weighted by Gasteiger charge is -2.18. The van der Waals surface area contributed by atoms with Gasteiger partial charge in [-0.25, -0.2) is 0 Å². The number of thiophene rings is 1. The van der Waals surface area contributed by atoms with Crippen LogP contribution in [0.4, 0.5) is 0 Å². The van der Waals surface area contributed by atoms with Gasteiger partial charge in [0.15, 0.2) is 11.5 Å². The van der Waals surface area contributed by atoms with Crippen molar-refractivity contribution in [3.63, 3.8) is 0 Å². The number of benzene rings is 1. The molecule has 1 N–H and O–H groups in total. The van der Waals surface area contributed by atoms with Gasteiger partial charge in [-0.05, 0) is 36.1 Å². The molecule has 2 heterocycles. The van der Waals surface area contributed by atoms with E-state index in [4.69, 9.17) is 9.47 Å². The predicted molar refractivity (Wildman–Crippen MR) is 77.8 cm³/mol. The topological polar surface area (TPSA) is 47.6 Å². The Kier molecular flexibility index (Phi) is 3.87. The van der Waals surface area contributed by atoms with Crippen LogP contribution in [0.15, 0.2) is 35.7 Å².